The minimum atomic E-state index is -4.84. The molecule has 0 radical (unpaired) electrons. The highest BCUT2D eigenvalue weighted by Crippen LogP contribution is 2.21. The maximum absolute atomic E-state index is 13.5. The molecule has 1 N–H and O–H groups in total. The zero-order valence-corrected chi connectivity index (χ0v) is 20.9. The minimum Gasteiger partial charge on any atom is -0.337 e. The van der Waals surface area contributed by atoms with Crippen LogP contribution < -0.4 is 0 Å². The first-order valence-corrected chi connectivity index (χ1v) is 11.6. The number of hydrogen-bond donors (Lipinski definition) is 1. The van der Waals surface area contributed by atoms with Crippen molar-refractivity contribution < 1.29 is 17.1 Å². The second-order valence-electron chi connectivity index (χ2n) is 8.09. The van der Waals surface area contributed by atoms with Crippen LogP contribution in [0, 0.1) is 12.3 Å². The van der Waals surface area contributed by atoms with Crippen molar-refractivity contribution in [3.8, 4) is 12.3 Å². The molecule has 182 valence electrons. The van der Waals surface area contributed by atoms with Crippen LogP contribution in [0.3, 0.4) is 0 Å². The molecule has 34 heavy (non-hydrogen) atoms. The third-order valence-electron chi connectivity index (χ3n) is 5.71. The maximum Gasteiger partial charge on any atom is 0.332 e. The molecule has 1 aliphatic heterocycles. The van der Waals surface area contributed by atoms with E-state index in [0.717, 1.165) is 22.5 Å². The van der Waals surface area contributed by atoms with E-state index in [9.17, 15) is 17.1 Å². The van der Waals surface area contributed by atoms with Crippen molar-refractivity contribution in [1.29, 1.82) is 0 Å². The number of fused-ring (bicyclic) bond motifs is 1. The Morgan fingerprint density at radius 3 is 2.65 bits per heavy atom. The lowest BCUT2D eigenvalue weighted by Gasteiger charge is -2.40. The molecule has 0 saturated carbocycles. The van der Waals surface area contributed by atoms with Gasteiger partial charge in [-0.2, -0.15) is 13.5 Å². The van der Waals surface area contributed by atoms with E-state index in [1.54, 1.807) is 12.3 Å². The third kappa shape index (κ3) is 6.27. The molecular weight excluding hydrogens is 502 g/mol. The summed E-state index contributed by atoms with van der Waals surface area (Å²) in [5.74, 6) is 2.42. The fourth-order valence-electron chi connectivity index (χ4n) is 4.15. The molecule has 2 heterocycles. The van der Waals surface area contributed by atoms with E-state index in [2.05, 4.69) is 21.0 Å². The number of hydrogen-bond acceptors (Lipinski definition) is 5. The van der Waals surface area contributed by atoms with E-state index >= 15 is 0 Å². The monoisotopic (exact) mass is 526 g/mol. The third-order valence-corrected chi connectivity index (χ3v) is 6.51. The molecule has 1 aromatic heterocycles. The van der Waals surface area contributed by atoms with Gasteiger partial charge in [0.25, 0.3) is 0 Å². The van der Waals surface area contributed by atoms with Gasteiger partial charge in [0, 0.05) is 43.2 Å². The topological polar surface area (TPSA) is 86.4 Å². The SMILES string of the molecule is C#Cc1cc(CN2CCN(C(=O)Cc3ccc4cn[nH]c4c3)[C@@H](C)C2)cc(S(=O)(=O)F)c1.Cl.Cl. The summed E-state index contributed by atoms with van der Waals surface area (Å²) in [6.45, 7) is 4.19. The van der Waals surface area contributed by atoms with Gasteiger partial charge < -0.3 is 4.90 Å². The molecule has 0 spiro atoms. The van der Waals surface area contributed by atoms with Gasteiger partial charge in [-0.15, -0.1) is 35.1 Å². The lowest BCUT2D eigenvalue weighted by atomic mass is 10.1. The number of carbonyl (C=O) groups is 1. The molecule has 4 rings (SSSR count). The zero-order chi connectivity index (χ0) is 22.9. The number of aromatic amines is 1. The largest absolute Gasteiger partial charge is 0.337 e. The highest BCUT2D eigenvalue weighted by atomic mass is 35.5. The summed E-state index contributed by atoms with van der Waals surface area (Å²) in [5.41, 5.74) is 2.76. The number of piperazine rings is 1. The van der Waals surface area contributed by atoms with Crippen molar-refractivity contribution in [3.05, 3.63) is 59.3 Å². The van der Waals surface area contributed by atoms with E-state index in [1.165, 1.54) is 6.07 Å². The van der Waals surface area contributed by atoms with Crippen LogP contribution in [0.5, 0.6) is 0 Å². The van der Waals surface area contributed by atoms with Gasteiger partial charge >= 0.3 is 10.2 Å². The number of nitrogens with one attached hydrogen (secondary N) is 1. The van der Waals surface area contributed by atoms with Crippen molar-refractivity contribution in [1.82, 2.24) is 20.0 Å². The van der Waals surface area contributed by atoms with E-state index in [1.807, 2.05) is 30.0 Å². The molecular formula is C23H25Cl2FN4O3S. The number of carbonyl (C=O) groups excluding carboxylic acids is 1. The molecule has 1 saturated heterocycles. The second kappa shape index (κ2) is 11.2. The molecule has 2 aromatic carbocycles. The molecule has 1 aliphatic rings. The van der Waals surface area contributed by atoms with Crippen LogP contribution in [0.15, 0.2) is 47.5 Å². The lowest BCUT2D eigenvalue weighted by molar-refractivity contribution is -0.135. The molecule has 1 amide bonds. The highest BCUT2D eigenvalue weighted by Gasteiger charge is 2.27. The van der Waals surface area contributed by atoms with Gasteiger partial charge in [0.1, 0.15) is 4.90 Å². The summed E-state index contributed by atoms with van der Waals surface area (Å²) < 4.78 is 36.1. The average Bonchev–Trinajstić information content (AvgIpc) is 3.20. The molecule has 0 aliphatic carbocycles. The maximum atomic E-state index is 13.5. The fraction of sp³-hybridized carbons (Fsp3) is 0.304. The molecule has 0 bridgehead atoms. The number of nitrogens with zero attached hydrogens (tertiary/aromatic N) is 3. The Kier molecular flexibility index (Phi) is 9.08. The number of halogens is 3. The van der Waals surface area contributed by atoms with Gasteiger partial charge in [0.2, 0.25) is 5.91 Å². The minimum absolute atomic E-state index is 0. The summed E-state index contributed by atoms with van der Waals surface area (Å²) in [6.07, 6.45) is 7.45. The Balaban J connectivity index is 0.00000204. The van der Waals surface area contributed by atoms with Crippen molar-refractivity contribution in [2.75, 3.05) is 19.6 Å². The Bertz CT molecular complexity index is 1320. The van der Waals surface area contributed by atoms with Crippen LogP contribution in [0.25, 0.3) is 10.9 Å². The number of H-pyrrole nitrogens is 1. The highest BCUT2D eigenvalue weighted by molar-refractivity contribution is 7.86. The normalized spacial score (nSPS) is 16.4. The van der Waals surface area contributed by atoms with Gasteiger partial charge in [-0.1, -0.05) is 18.1 Å². The molecule has 0 unspecified atom stereocenters. The number of aromatic nitrogens is 2. The quantitative estimate of drug-likeness (QED) is 0.407. The van der Waals surface area contributed by atoms with Gasteiger partial charge in [-0.3, -0.25) is 14.8 Å². The number of benzene rings is 2. The predicted molar refractivity (Wildman–Crippen MR) is 133 cm³/mol. The standard InChI is InChI=1S/C23H23FN4O3S.2ClH/c1-3-17-8-19(10-21(9-17)32(24,30)31)15-27-6-7-28(16(2)14-27)23(29)12-18-4-5-20-13-25-26-22(20)11-18;;/h1,4-5,8-11,13,16H,6-7,12,14-15H2,2H3,(H,25,26);2*1H/t16-;;/m0../s1. The van der Waals surface area contributed by atoms with Crippen molar-refractivity contribution in [2.45, 2.75) is 30.8 Å². The van der Waals surface area contributed by atoms with Gasteiger partial charge in [0.15, 0.2) is 0 Å². The summed E-state index contributed by atoms with van der Waals surface area (Å²) in [5, 5.41) is 7.92. The molecule has 3 aromatic rings. The smallest absolute Gasteiger partial charge is 0.332 e. The molecule has 7 nitrogen and oxygen atoms in total. The number of amides is 1. The van der Waals surface area contributed by atoms with Gasteiger partial charge in [-0.05, 0) is 42.3 Å². The zero-order valence-electron chi connectivity index (χ0n) is 18.4. The summed E-state index contributed by atoms with van der Waals surface area (Å²) in [7, 11) is -4.84. The average molecular weight is 527 g/mol. The van der Waals surface area contributed by atoms with E-state index in [0.29, 0.717) is 43.7 Å². The lowest BCUT2D eigenvalue weighted by Crippen LogP contribution is -2.54. The Morgan fingerprint density at radius 1 is 1.21 bits per heavy atom. The first kappa shape index (κ1) is 27.6. The summed E-state index contributed by atoms with van der Waals surface area (Å²) in [4.78, 5) is 16.4. The van der Waals surface area contributed by atoms with Gasteiger partial charge in [-0.25, -0.2) is 0 Å². The Hall–Kier alpha value is -2.64. The van der Waals surface area contributed by atoms with Crippen molar-refractivity contribution >= 4 is 51.8 Å². The molecule has 1 atom stereocenters. The number of rotatable bonds is 5. The predicted octanol–water partition coefficient (Wildman–Crippen LogP) is 3.32. The van der Waals surface area contributed by atoms with Crippen LogP contribution in [0.1, 0.15) is 23.6 Å². The van der Waals surface area contributed by atoms with E-state index < -0.39 is 15.1 Å². The molecule has 11 heteroatoms. The summed E-state index contributed by atoms with van der Waals surface area (Å²) in [6, 6.07) is 9.94. The van der Waals surface area contributed by atoms with Crippen LogP contribution in [-0.2, 0) is 28.0 Å². The van der Waals surface area contributed by atoms with Crippen LogP contribution in [-0.4, -0.2) is 60.0 Å². The summed E-state index contributed by atoms with van der Waals surface area (Å²) >= 11 is 0. The van der Waals surface area contributed by atoms with Crippen LogP contribution in [0.4, 0.5) is 3.89 Å². The Labute approximate surface area is 210 Å². The van der Waals surface area contributed by atoms with Gasteiger partial charge in [0.05, 0.1) is 18.1 Å². The molecule has 1 fully saturated rings. The van der Waals surface area contributed by atoms with Crippen LogP contribution in [0.2, 0.25) is 0 Å². The second-order valence-corrected chi connectivity index (χ2v) is 9.43. The Morgan fingerprint density at radius 2 is 1.97 bits per heavy atom. The van der Waals surface area contributed by atoms with Crippen LogP contribution >= 0.6 is 24.8 Å². The van der Waals surface area contributed by atoms with E-state index in [4.69, 9.17) is 6.42 Å². The first-order valence-electron chi connectivity index (χ1n) is 10.2. The fourth-order valence-corrected chi connectivity index (χ4v) is 4.71. The van der Waals surface area contributed by atoms with E-state index in [-0.39, 0.29) is 36.8 Å². The van der Waals surface area contributed by atoms with Crippen molar-refractivity contribution in [3.63, 3.8) is 0 Å². The number of terminal acetylenes is 1. The first-order chi connectivity index (χ1) is 15.2. The van der Waals surface area contributed by atoms with Crippen molar-refractivity contribution in [2.24, 2.45) is 0 Å².